The summed E-state index contributed by atoms with van der Waals surface area (Å²) >= 11 is 0. The molecule has 3 nitrogen and oxygen atoms in total. The number of nitrogens with one attached hydrogen (secondary N) is 1. The van der Waals surface area contributed by atoms with Gasteiger partial charge in [-0.15, -0.1) is 0 Å². The van der Waals surface area contributed by atoms with Gasteiger partial charge in [0.1, 0.15) is 0 Å². The van der Waals surface area contributed by atoms with Crippen molar-refractivity contribution >= 4 is 5.69 Å². The zero-order valence-electron chi connectivity index (χ0n) is 13.5. The number of rotatable bonds is 10. The lowest BCUT2D eigenvalue weighted by atomic mass is 9.92. The Labute approximate surface area is 129 Å². The Hall–Kier alpha value is -1.06. The van der Waals surface area contributed by atoms with E-state index in [0.29, 0.717) is 5.92 Å². The molecule has 2 N–H and O–H groups in total. The van der Waals surface area contributed by atoms with Crippen LogP contribution in [0.5, 0.6) is 0 Å². The Morgan fingerprint density at radius 3 is 2.48 bits per heavy atom. The van der Waals surface area contributed by atoms with Crippen molar-refractivity contribution in [2.45, 2.75) is 45.1 Å². The van der Waals surface area contributed by atoms with Crippen molar-refractivity contribution in [2.24, 2.45) is 5.92 Å². The van der Waals surface area contributed by atoms with Gasteiger partial charge in [0.2, 0.25) is 0 Å². The molecule has 0 saturated heterocycles. The van der Waals surface area contributed by atoms with Gasteiger partial charge >= 0.3 is 0 Å². The molecule has 21 heavy (non-hydrogen) atoms. The summed E-state index contributed by atoms with van der Waals surface area (Å²) in [7, 11) is 0. The molecule has 0 radical (unpaired) electrons. The predicted octanol–water partition coefficient (Wildman–Crippen LogP) is 3.04. The van der Waals surface area contributed by atoms with Gasteiger partial charge in [0.05, 0.1) is 12.1 Å². The van der Waals surface area contributed by atoms with E-state index >= 15 is 0 Å². The van der Waals surface area contributed by atoms with E-state index in [9.17, 15) is 5.11 Å². The van der Waals surface area contributed by atoms with E-state index in [1.165, 1.54) is 31.4 Å². The van der Waals surface area contributed by atoms with Crippen LogP contribution in [-0.4, -0.2) is 36.9 Å². The lowest BCUT2D eigenvalue weighted by molar-refractivity contribution is 0.145. The molecule has 0 aromatic heterocycles. The highest BCUT2D eigenvalue weighted by molar-refractivity contribution is 5.46. The highest BCUT2D eigenvalue weighted by Crippen LogP contribution is 2.40. The molecule has 1 unspecified atom stereocenters. The molecule has 1 aromatic rings. The van der Waals surface area contributed by atoms with Crippen LogP contribution >= 0.6 is 0 Å². The van der Waals surface area contributed by atoms with Crippen molar-refractivity contribution in [3.05, 3.63) is 30.3 Å². The maximum atomic E-state index is 10.1. The lowest BCUT2D eigenvalue weighted by Crippen LogP contribution is -2.58. The third kappa shape index (κ3) is 4.21. The molecule has 1 atom stereocenters. The van der Waals surface area contributed by atoms with Crippen LogP contribution in [0.15, 0.2) is 30.3 Å². The minimum absolute atomic E-state index is 0.141. The van der Waals surface area contributed by atoms with Crippen molar-refractivity contribution in [2.75, 3.05) is 31.1 Å². The first kappa shape index (κ1) is 16.3. The van der Waals surface area contributed by atoms with Crippen LogP contribution in [0.4, 0.5) is 5.69 Å². The smallest absolute Gasteiger partial charge is 0.0633 e. The Balaban J connectivity index is 2.15. The van der Waals surface area contributed by atoms with Gasteiger partial charge in [-0.1, -0.05) is 38.5 Å². The molecule has 0 bridgehead atoms. The van der Waals surface area contributed by atoms with Gasteiger partial charge in [-0.05, 0) is 43.9 Å². The Kier molecular flexibility index (Phi) is 6.07. The fraction of sp³-hybridized carbons (Fsp3) is 0.667. The molecule has 0 heterocycles. The van der Waals surface area contributed by atoms with Gasteiger partial charge in [0.15, 0.2) is 0 Å². The zero-order valence-corrected chi connectivity index (χ0v) is 13.5. The summed E-state index contributed by atoms with van der Waals surface area (Å²) in [5.41, 5.74) is 1.13. The largest absolute Gasteiger partial charge is 0.394 e. The van der Waals surface area contributed by atoms with Crippen LogP contribution in [0.3, 0.4) is 0 Å². The molecule has 3 heteroatoms. The molecular formula is C18H30N2O. The highest BCUT2D eigenvalue weighted by atomic mass is 16.3. The van der Waals surface area contributed by atoms with Crippen LogP contribution in [0.1, 0.15) is 39.5 Å². The summed E-state index contributed by atoms with van der Waals surface area (Å²) in [6.45, 7) is 7.44. The lowest BCUT2D eigenvalue weighted by Gasteiger charge is -2.39. The van der Waals surface area contributed by atoms with Crippen LogP contribution < -0.4 is 10.2 Å². The van der Waals surface area contributed by atoms with Crippen molar-refractivity contribution in [1.82, 2.24) is 5.32 Å². The van der Waals surface area contributed by atoms with E-state index in [1.54, 1.807) is 0 Å². The number of benzene rings is 1. The number of anilines is 1. The monoisotopic (exact) mass is 290 g/mol. The Bertz CT molecular complexity index is 405. The number of aliphatic hydroxyl groups excluding tert-OH is 1. The fourth-order valence-electron chi connectivity index (χ4n) is 3.18. The molecule has 0 amide bonds. The van der Waals surface area contributed by atoms with Crippen LogP contribution in [-0.2, 0) is 0 Å². The normalized spacial score (nSPS) is 17.5. The van der Waals surface area contributed by atoms with Gasteiger partial charge in [-0.2, -0.15) is 0 Å². The maximum absolute atomic E-state index is 10.1. The summed E-state index contributed by atoms with van der Waals surface area (Å²) in [6.07, 6.45) is 4.86. The van der Waals surface area contributed by atoms with Crippen LogP contribution in [0.2, 0.25) is 0 Å². The second-order valence-electron chi connectivity index (χ2n) is 6.23. The Morgan fingerprint density at radius 1 is 1.24 bits per heavy atom. The first-order chi connectivity index (χ1) is 10.3. The topological polar surface area (TPSA) is 35.5 Å². The van der Waals surface area contributed by atoms with Crippen molar-refractivity contribution in [3.63, 3.8) is 0 Å². The summed E-state index contributed by atoms with van der Waals surface area (Å²) in [6, 6.07) is 10.6. The van der Waals surface area contributed by atoms with E-state index < -0.39 is 0 Å². The van der Waals surface area contributed by atoms with Crippen LogP contribution in [0.25, 0.3) is 0 Å². The molecule has 1 saturated carbocycles. The number of nitrogens with zero attached hydrogens (tertiary/aromatic N) is 1. The second kappa shape index (κ2) is 7.81. The van der Waals surface area contributed by atoms with E-state index in [2.05, 4.69) is 54.4 Å². The van der Waals surface area contributed by atoms with E-state index in [-0.39, 0.29) is 12.1 Å². The summed E-state index contributed by atoms with van der Waals surface area (Å²) < 4.78 is 0. The average Bonchev–Trinajstić information content (AvgIpc) is 3.36. The highest BCUT2D eigenvalue weighted by Gasteiger charge is 2.45. The summed E-state index contributed by atoms with van der Waals surface area (Å²) in [4.78, 5) is 2.45. The van der Waals surface area contributed by atoms with Gasteiger partial charge < -0.3 is 15.3 Å². The standard InChI is InChI=1S/C18H30N2O/c1-3-5-13-20(17-9-7-6-8-10-17)14-18(15-21,19-4-2)16-11-12-16/h6-10,16,19,21H,3-5,11-15H2,1-2H3. The van der Waals surface area contributed by atoms with E-state index in [1.807, 2.05) is 0 Å². The number of likely N-dealkylation sites (N-methyl/N-ethyl adjacent to an activating group) is 1. The first-order valence-corrected chi connectivity index (χ1v) is 8.41. The molecule has 1 aliphatic rings. The van der Waals surface area contributed by atoms with E-state index in [0.717, 1.165) is 19.6 Å². The molecule has 0 aliphatic heterocycles. The quantitative estimate of drug-likeness (QED) is 0.695. The molecule has 1 fully saturated rings. The minimum Gasteiger partial charge on any atom is -0.394 e. The van der Waals surface area contributed by atoms with Crippen molar-refractivity contribution < 1.29 is 5.11 Å². The number of hydrogen-bond donors (Lipinski definition) is 2. The third-order valence-electron chi connectivity index (χ3n) is 4.55. The average molecular weight is 290 g/mol. The fourth-order valence-corrected chi connectivity index (χ4v) is 3.18. The number of hydrogen-bond acceptors (Lipinski definition) is 3. The summed E-state index contributed by atoms with van der Waals surface area (Å²) in [5, 5.41) is 13.6. The number of unbranched alkanes of at least 4 members (excludes halogenated alkanes) is 1. The van der Waals surface area contributed by atoms with Gasteiger partial charge in [0.25, 0.3) is 0 Å². The van der Waals surface area contributed by atoms with Crippen LogP contribution in [0, 0.1) is 5.92 Å². The molecule has 2 rings (SSSR count). The molecule has 0 spiro atoms. The van der Waals surface area contributed by atoms with E-state index in [4.69, 9.17) is 0 Å². The third-order valence-corrected chi connectivity index (χ3v) is 4.55. The van der Waals surface area contributed by atoms with Gasteiger partial charge in [-0.3, -0.25) is 0 Å². The molecule has 118 valence electrons. The zero-order chi connectivity index (χ0) is 15.1. The minimum atomic E-state index is -0.141. The SMILES string of the molecule is CCCCN(CC(CO)(NCC)C1CC1)c1ccccc1. The van der Waals surface area contributed by atoms with Gasteiger partial charge in [-0.25, -0.2) is 0 Å². The first-order valence-electron chi connectivity index (χ1n) is 8.41. The molecule has 1 aromatic carbocycles. The number of aliphatic hydroxyl groups is 1. The second-order valence-corrected chi connectivity index (χ2v) is 6.23. The predicted molar refractivity (Wildman–Crippen MR) is 89.8 cm³/mol. The summed E-state index contributed by atoms with van der Waals surface area (Å²) in [5.74, 6) is 0.621. The van der Waals surface area contributed by atoms with Gasteiger partial charge in [0, 0.05) is 18.8 Å². The van der Waals surface area contributed by atoms with Crippen molar-refractivity contribution in [3.8, 4) is 0 Å². The maximum Gasteiger partial charge on any atom is 0.0633 e. The Morgan fingerprint density at radius 2 is 1.95 bits per heavy atom. The molecular weight excluding hydrogens is 260 g/mol. The van der Waals surface area contributed by atoms with Crippen molar-refractivity contribution in [1.29, 1.82) is 0 Å². The number of para-hydroxylation sites is 1. The molecule has 1 aliphatic carbocycles.